The molecule has 0 radical (unpaired) electrons. The van der Waals surface area contributed by atoms with Gasteiger partial charge in [-0.3, -0.25) is 4.79 Å². The second-order valence-corrected chi connectivity index (χ2v) is 7.36. The summed E-state index contributed by atoms with van der Waals surface area (Å²) in [5.41, 5.74) is 0.376. The van der Waals surface area contributed by atoms with Gasteiger partial charge in [-0.25, -0.2) is 0 Å². The molecule has 0 aliphatic carbocycles. The minimum absolute atomic E-state index is 0.0364. The molecule has 0 amide bonds. The van der Waals surface area contributed by atoms with Crippen molar-refractivity contribution in [2.75, 3.05) is 6.61 Å². The van der Waals surface area contributed by atoms with Gasteiger partial charge in [-0.1, -0.05) is 6.08 Å². The monoisotopic (exact) mass is 396 g/mol. The van der Waals surface area contributed by atoms with Crippen LogP contribution in [0.15, 0.2) is 18.2 Å². The molecule has 0 saturated carbocycles. The normalized spacial score (nSPS) is 31.0. The number of Topliss-reactive ketones (excluding diaryl/α,β-unsaturated/α-hetero) is 1. The van der Waals surface area contributed by atoms with E-state index >= 15 is 0 Å². The zero-order chi connectivity index (χ0) is 20.6. The summed E-state index contributed by atoms with van der Waals surface area (Å²) in [6.45, 7) is 4.50. The maximum Gasteiger partial charge on any atom is 0.232 e. The van der Waals surface area contributed by atoms with Gasteiger partial charge in [-0.05, 0) is 32.9 Å². The molecule has 1 aromatic carbocycles. The van der Waals surface area contributed by atoms with E-state index < -0.39 is 42.9 Å². The number of benzene rings is 1. The van der Waals surface area contributed by atoms with Crippen molar-refractivity contribution < 1.29 is 44.5 Å². The van der Waals surface area contributed by atoms with Gasteiger partial charge in [0, 0.05) is 11.6 Å². The van der Waals surface area contributed by atoms with Crippen LogP contribution in [0.25, 0.3) is 6.08 Å². The lowest BCUT2D eigenvalue weighted by Gasteiger charge is -2.38. The van der Waals surface area contributed by atoms with Gasteiger partial charge in [0.25, 0.3) is 0 Å². The molecule has 0 spiro atoms. The van der Waals surface area contributed by atoms with Crippen molar-refractivity contribution in [3.8, 4) is 11.5 Å². The molecule has 1 fully saturated rings. The number of rotatable bonds is 5. The van der Waals surface area contributed by atoms with Crippen LogP contribution in [0, 0.1) is 0 Å². The van der Waals surface area contributed by atoms with E-state index in [-0.39, 0.29) is 17.1 Å². The number of aliphatic hydroxyl groups excluding tert-OH is 4. The second kappa shape index (κ2) is 7.78. The predicted molar refractivity (Wildman–Crippen MR) is 95.7 cm³/mol. The summed E-state index contributed by atoms with van der Waals surface area (Å²) in [6.07, 6.45) is -3.68. The fraction of sp³-hybridized carbons (Fsp3) is 0.526. The average molecular weight is 396 g/mol. The van der Waals surface area contributed by atoms with E-state index in [1.165, 1.54) is 13.0 Å². The second-order valence-electron chi connectivity index (χ2n) is 7.36. The maximum absolute atomic E-state index is 12.0. The first-order chi connectivity index (χ1) is 13.1. The molecular weight excluding hydrogens is 372 g/mol. The lowest BCUT2D eigenvalue weighted by Crippen LogP contribution is -2.59. The molecule has 1 aromatic rings. The summed E-state index contributed by atoms with van der Waals surface area (Å²) in [5, 5.41) is 38.9. The Balaban J connectivity index is 1.82. The van der Waals surface area contributed by atoms with E-state index in [1.54, 1.807) is 6.07 Å². The van der Waals surface area contributed by atoms with E-state index in [2.05, 4.69) is 0 Å². The first-order valence-electron chi connectivity index (χ1n) is 8.84. The molecule has 1 saturated heterocycles. The number of hydrogen-bond acceptors (Lipinski definition) is 9. The molecule has 0 aromatic heterocycles. The van der Waals surface area contributed by atoms with E-state index in [0.29, 0.717) is 11.3 Å². The third-order valence-corrected chi connectivity index (χ3v) is 4.61. The highest BCUT2D eigenvalue weighted by Gasteiger charge is 2.45. The molecule has 2 aliphatic rings. The van der Waals surface area contributed by atoms with Crippen molar-refractivity contribution in [3.05, 3.63) is 29.3 Å². The van der Waals surface area contributed by atoms with Gasteiger partial charge in [0.1, 0.15) is 35.8 Å². The highest BCUT2D eigenvalue weighted by Crippen LogP contribution is 2.37. The molecule has 5 atom stereocenters. The van der Waals surface area contributed by atoms with Crippen molar-refractivity contribution in [2.24, 2.45) is 0 Å². The summed E-state index contributed by atoms with van der Waals surface area (Å²) in [7, 11) is 0. The van der Waals surface area contributed by atoms with E-state index in [0.717, 1.165) is 0 Å². The summed E-state index contributed by atoms with van der Waals surface area (Å²) in [5.74, 6) is 0.229. The van der Waals surface area contributed by atoms with Crippen LogP contribution in [0.5, 0.6) is 11.5 Å². The fourth-order valence-electron chi connectivity index (χ4n) is 2.99. The Bertz CT molecular complexity index is 771. The first kappa shape index (κ1) is 20.7. The molecule has 3 rings (SSSR count). The summed E-state index contributed by atoms with van der Waals surface area (Å²) in [4.78, 5) is 22.3. The molecule has 4 N–H and O–H groups in total. The van der Waals surface area contributed by atoms with Gasteiger partial charge in [-0.15, -0.1) is 0 Å². The van der Waals surface area contributed by atoms with Gasteiger partial charge in [0.2, 0.25) is 6.29 Å². The van der Waals surface area contributed by atoms with Crippen molar-refractivity contribution in [3.63, 3.8) is 0 Å². The Labute approximate surface area is 161 Å². The van der Waals surface area contributed by atoms with Gasteiger partial charge < -0.3 is 34.8 Å². The number of ketones is 1. The Morgan fingerprint density at radius 3 is 2.54 bits per heavy atom. The number of hydrogen-bond donors (Lipinski definition) is 4. The number of carbonyl (C=O) groups is 1. The predicted octanol–water partition coefficient (Wildman–Crippen LogP) is 0.184. The molecule has 154 valence electrons. The fourth-order valence-corrected chi connectivity index (χ4v) is 2.99. The molecule has 2 aliphatic heterocycles. The Kier molecular flexibility index (Phi) is 5.76. The average Bonchev–Trinajstić information content (AvgIpc) is 2.64. The van der Waals surface area contributed by atoms with Crippen LogP contribution in [0.3, 0.4) is 0 Å². The van der Waals surface area contributed by atoms with E-state index in [1.807, 2.05) is 26.0 Å². The van der Waals surface area contributed by atoms with Crippen LogP contribution >= 0.6 is 0 Å². The van der Waals surface area contributed by atoms with Crippen molar-refractivity contribution in [2.45, 2.75) is 57.1 Å². The van der Waals surface area contributed by atoms with Crippen molar-refractivity contribution >= 4 is 11.9 Å². The van der Waals surface area contributed by atoms with Gasteiger partial charge in [0.15, 0.2) is 11.5 Å². The van der Waals surface area contributed by atoms with E-state index in [4.69, 9.17) is 19.2 Å². The third kappa shape index (κ3) is 4.04. The van der Waals surface area contributed by atoms with Crippen LogP contribution in [0.4, 0.5) is 0 Å². The highest BCUT2D eigenvalue weighted by molar-refractivity contribution is 5.98. The molecule has 2 heterocycles. The molecular formula is C19H24O9. The molecule has 0 bridgehead atoms. The third-order valence-electron chi connectivity index (χ3n) is 4.61. The zero-order valence-electron chi connectivity index (χ0n) is 15.7. The molecule has 0 unspecified atom stereocenters. The van der Waals surface area contributed by atoms with Crippen LogP contribution in [0.1, 0.15) is 36.7 Å². The summed E-state index contributed by atoms with van der Waals surface area (Å²) in [6, 6.07) is 3.08. The number of carbonyl (C=O) groups excluding carboxylic acids is 1. The Morgan fingerprint density at radius 2 is 1.89 bits per heavy atom. The van der Waals surface area contributed by atoms with Crippen molar-refractivity contribution in [1.29, 1.82) is 0 Å². The maximum atomic E-state index is 12.0. The van der Waals surface area contributed by atoms with Crippen molar-refractivity contribution in [1.82, 2.24) is 0 Å². The molecule has 28 heavy (non-hydrogen) atoms. The van der Waals surface area contributed by atoms with Crippen LogP contribution in [-0.4, -0.2) is 69.1 Å². The molecule has 9 heteroatoms. The minimum atomic E-state index is -1.63. The topological polar surface area (TPSA) is 135 Å². The molecule has 9 nitrogen and oxygen atoms in total. The SMILES string of the molecule is CC(=O)c1cc2c(cc1OO[C@@H]1O[C@H](CO)[C@@H](O)[C@H](O)[C@H]1O)OC(C)(C)C=C2. The largest absolute Gasteiger partial charge is 0.483 e. The Morgan fingerprint density at radius 1 is 1.18 bits per heavy atom. The Hall–Kier alpha value is -2.01. The standard InChI is InChI=1S/C19H24O9/c1-9(21)11-6-10-4-5-19(2,3)26-12(10)7-13(11)27-28-18-17(24)16(23)15(22)14(8-20)25-18/h4-7,14-18,20,22-24H,8H2,1-3H3/t14-,15-,16+,17-,18+/m1/s1. The lowest BCUT2D eigenvalue weighted by molar-refractivity contribution is -0.387. The van der Waals surface area contributed by atoms with Gasteiger partial charge in [-0.2, -0.15) is 4.89 Å². The number of aliphatic hydroxyl groups is 4. The highest BCUT2D eigenvalue weighted by atomic mass is 17.2. The number of fused-ring (bicyclic) bond motifs is 1. The number of ether oxygens (including phenoxy) is 2. The van der Waals surface area contributed by atoms with Crippen LogP contribution in [-0.2, 0) is 9.62 Å². The minimum Gasteiger partial charge on any atom is -0.483 e. The van der Waals surface area contributed by atoms with E-state index in [9.17, 15) is 25.2 Å². The first-order valence-corrected chi connectivity index (χ1v) is 8.84. The van der Waals surface area contributed by atoms with Crippen LogP contribution in [0.2, 0.25) is 0 Å². The van der Waals surface area contributed by atoms with Gasteiger partial charge >= 0.3 is 0 Å². The van der Waals surface area contributed by atoms with Gasteiger partial charge in [0.05, 0.1) is 12.2 Å². The smallest absolute Gasteiger partial charge is 0.232 e. The zero-order valence-corrected chi connectivity index (χ0v) is 15.7. The summed E-state index contributed by atoms with van der Waals surface area (Å²) >= 11 is 0. The lowest BCUT2D eigenvalue weighted by atomic mass is 9.99. The summed E-state index contributed by atoms with van der Waals surface area (Å²) < 4.78 is 11.1. The van der Waals surface area contributed by atoms with Crippen LogP contribution < -0.4 is 9.62 Å². The quantitative estimate of drug-likeness (QED) is 0.312.